The lowest BCUT2D eigenvalue weighted by atomic mass is 10.4. The van der Waals surface area contributed by atoms with Gasteiger partial charge in [0, 0.05) is 0 Å². The Morgan fingerprint density at radius 1 is 1.50 bits per heavy atom. The Balaban J connectivity index is 3.21. The molecule has 1 radical (unpaired) electrons. The minimum Gasteiger partial charge on any atom is -0.350 e. The van der Waals surface area contributed by atoms with Crippen molar-refractivity contribution in [3.05, 3.63) is 0 Å². The summed E-state index contributed by atoms with van der Waals surface area (Å²) in [5.74, 6) is 0. The van der Waals surface area contributed by atoms with Gasteiger partial charge in [0.05, 0.1) is 13.0 Å². The SMILES string of the molecule is CC([O])OCCC(F)(F)F. The van der Waals surface area contributed by atoms with Gasteiger partial charge in [-0.1, -0.05) is 0 Å². The van der Waals surface area contributed by atoms with Crippen LogP contribution >= 0.6 is 0 Å². The molecule has 0 aliphatic carbocycles. The first-order valence-corrected chi connectivity index (χ1v) is 2.76. The van der Waals surface area contributed by atoms with Gasteiger partial charge in [-0.25, -0.2) is 5.11 Å². The Labute approximate surface area is 56.6 Å². The molecule has 1 atom stereocenters. The van der Waals surface area contributed by atoms with E-state index in [4.69, 9.17) is 0 Å². The van der Waals surface area contributed by atoms with Gasteiger partial charge in [-0.2, -0.15) is 13.2 Å². The monoisotopic (exact) mass is 157 g/mol. The van der Waals surface area contributed by atoms with E-state index in [1.54, 1.807) is 0 Å². The van der Waals surface area contributed by atoms with Gasteiger partial charge >= 0.3 is 6.18 Å². The maximum atomic E-state index is 11.3. The predicted octanol–water partition coefficient (Wildman–Crippen LogP) is 1.73. The van der Waals surface area contributed by atoms with Gasteiger partial charge in [0.2, 0.25) is 0 Å². The summed E-state index contributed by atoms with van der Waals surface area (Å²) in [6.07, 6.45) is -6.66. The fraction of sp³-hybridized carbons (Fsp3) is 1.00. The van der Waals surface area contributed by atoms with Gasteiger partial charge in [-0.05, 0) is 6.92 Å². The van der Waals surface area contributed by atoms with Gasteiger partial charge in [0.1, 0.15) is 0 Å². The molecule has 0 saturated carbocycles. The maximum Gasteiger partial charge on any atom is 0.391 e. The molecule has 0 spiro atoms. The van der Waals surface area contributed by atoms with Crippen LogP contribution in [0.4, 0.5) is 13.2 Å². The molecule has 10 heavy (non-hydrogen) atoms. The van der Waals surface area contributed by atoms with Crippen LogP contribution in [0.5, 0.6) is 0 Å². The van der Waals surface area contributed by atoms with Crippen LogP contribution in [-0.4, -0.2) is 19.1 Å². The molecule has 0 heterocycles. The van der Waals surface area contributed by atoms with E-state index < -0.39 is 25.5 Å². The van der Waals surface area contributed by atoms with Gasteiger partial charge in [0.25, 0.3) is 0 Å². The highest BCUT2D eigenvalue weighted by Gasteiger charge is 2.26. The van der Waals surface area contributed by atoms with E-state index >= 15 is 0 Å². The van der Waals surface area contributed by atoms with Crippen molar-refractivity contribution in [2.24, 2.45) is 0 Å². The maximum absolute atomic E-state index is 11.3. The summed E-state index contributed by atoms with van der Waals surface area (Å²) in [7, 11) is 0. The third-order valence-corrected chi connectivity index (χ3v) is 0.738. The van der Waals surface area contributed by atoms with Crippen LogP contribution in [0.2, 0.25) is 0 Å². The van der Waals surface area contributed by atoms with E-state index in [9.17, 15) is 18.3 Å². The fourth-order valence-corrected chi connectivity index (χ4v) is 0.341. The summed E-state index contributed by atoms with van der Waals surface area (Å²) in [6, 6.07) is 0. The number of ether oxygens (including phenoxy) is 1. The van der Waals surface area contributed by atoms with Crippen LogP contribution in [-0.2, 0) is 9.84 Å². The second kappa shape index (κ2) is 3.78. The molecule has 0 aliphatic heterocycles. The molecular weight excluding hydrogens is 149 g/mol. The van der Waals surface area contributed by atoms with Gasteiger partial charge < -0.3 is 4.74 Å². The highest BCUT2D eigenvalue weighted by molar-refractivity contribution is 4.47. The molecule has 0 fully saturated rings. The number of rotatable bonds is 3. The quantitative estimate of drug-likeness (QED) is 0.573. The van der Waals surface area contributed by atoms with Crippen molar-refractivity contribution >= 4 is 0 Å². The van der Waals surface area contributed by atoms with Crippen molar-refractivity contribution in [1.82, 2.24) is 0 Å². The second-order valence-corrected chi connectivity index (χ2v) is 1.80. The summed E-state index contributed by atoms with van der Waals surface area (Å²) < 4.78 is 38.1. The normalized spacial score (nSPS) is 15.3. The van der Waals surface area contributed by atoms with Crippen LogP contribution in [0, 0.1) is 0 Å². The minimum atomic E-state index is -4.23. The van der Waals surface area contributed by atoms with Crippen LogP contribution < -0.4 is 0 Å². The molecule has 0 aromatic rings. The molecule has 0 saturated heterocycles. The lowest BCUT2D eigenvalue weighted by molar-refractivity contribution is -0.175. The number of alkyl halides is 3. The van der Waals surface area contributed by atoms with Crippen molar-refractivity contribution < 1.29 is 23.0 Å². The average molecular weight is 157 g/mol. The Bertz CT molecular complexity index is 89.4. The lowest BCUT2D eigenvalue weighted by Gasteiger charge is -2.06. The van der Waals surface area contributed by atoms with Gasteiger partial charge in [-0.15, -0.1) is 0 Å². The van der Waals surface area contributed by atoms with Gasteiger partial charge in [-0.3, -0.25) is 0 Å². The Kier molecular flexibility index (Phi) is 3.67. The predicted molar refractivity (Wildman–Crippen MR) is 26.8 cm³/mol. The largest absolute Gasteiger partial charge is 0.391 e. The first-order valence-electron chi connectivity index (χ1n) is 2.76. The molecule has 5 heteroatoms. The highest BCUT2D eigenvalue weighted by Crippen LogP contribution is 2.19. The number of halogens is 3. The van der Waals surface area contributed by atoms with Crippen molar-refractivity contribution in [3.63, 3.8) is 0 Å². The van der Waals surface area contributed by atoms with Gasteiger partial charge in [0.15, 0.2) is 6.29 Å². The number of hydrogen-bond acceptors (Lipinski definition) is 1. The molecule has 0 amide bonds. The summed E-state index contributed by atoms with van der Waals surface area (Å²) in [5, 5.41) is 10.0. The van der Waals surface area contributed by atoms with E-state index in [0.717, 1.165) is 6.92 Å². The standard InChI is InChI=1S/C5H8F3O2/c1-4(9)10-3-2-5(6,7)8/h4H,2-3H2,1H3. The molecule has 0 bridgehead atoms. The third kappa shape index (κ3) is 7.71. The van der Waals surface area contributed by atoms with Crippen LogP contribution in [0.1, 0.15) is 13.3 Å². The van der Waals surface area contributed by atoms with E-state index in [1.807, 2.05) is 0 Å². The zero-order chi connectivity index (χ0) is 8.20. The summed E-state index contributed by atoms with van der Waals surface area (Å²) in [5.41, 5.74) is 0. The zero-order valence-corrected chi connectivity index (χ0v) is 5.44. The van der Waals surface area contributed by atoms with E-state index in [-0.39, 0.29) is 0 Å². The molecule has 61 valence electrons. The van der Waals surface area contributed by atoms with Crippen molar-refractivity contribution in [2.75, 3.05) is 6.61 Å². The molecular formula is C5H8F3O2. The second-order valence-electron chi connectivity index (χ2n) is 1.80. The molecule has 0 aromatic heterocycles. The topological polar surface area (TPSA) is 29.1 Å². The molecule has 0 aliphatic rings. The lowest BCUT2D eigenvalue weighted by Crippen LogP contribution is -2.14. The Hall–Kier alpha value is -0.290. The first-order chi connectivity index (χ1) is 4.42. The molecule has 0 aromatic carbocycles. The van der Waals surface area contributed by atoms with E-state index in [1.165, 1.54) is 0 Å². The first kappa shape index (κ1) is 9.71. The Morgan fingerprint density at radius 2 is 2.00 bits per heavy atom. The Morgan fingerprint density at radius 3 is 2.30 bits per heavy atom. The van der Waals surface area contributed by atoms with Crippen LogP contribution in [0.25, 0.3) is 0 Å². The fourth-order valence-electron chi connectivity index (χ4n) is 0.341. The van der Waals surface area contributed by atoms with Crippen LogP contribution in [0.15, 0.2) is 0 Å². The third-order valence-electron chi connectivity index (χ3n) is 0.738. The minimum absolute atomic E-state index is 0.547. The molecule has 2 nitrogen and oxygen atoms in total. The molecule has 1 unspecified atom stereocenters. The van der Waals surface area contributed by atoms with E-state index in [0.29, 0.717) is 0 Å². The van der Waals surface area contributed by atoms with Crippen LogP contribution in [0.3, 0.4) is 0 Å². The summed E-state index contributed by atoms with van der Waals surface area (Å²) in [4.78, 5) is 0. The molecule has 0 rings (SSSR count). The van der Waals surface area contributed by atoms with Crippen molar-refractivity contribution in [2.45, 2.75) is 25.8 Å². The summed E-state index contributed by atoms with van der Waals surface area (Å²) in [6.45, 7) is 0.602. The highest BCUT2D eigenvalue weighted by atomic mass is 19.4. The van der Waals surface area contributed by atoms with Crippen molar-refractivity contribution in [1.29, 1.82) is 0 Å². The van der Waals surface area contributed by atoms with E-state index in [2.05, 4.69) is 4.74 Å². The zero-order valence-electron chi connectivity index (χ0n) is 5.44. The van der Waals surface area contributed by atoms with Crippen molar-refractivity contribution in [3.8, 4) is 0 Å². The average Bonchev–Trinajstić information content (AvgIpc) is 1.59. The smallest absolute Gasteiger partial charge is 0.350 e. The molecule has 0 N–H and O–H groups in total. The summed E-state index contributed by atoms with van der Waals surface area (Å²) >= 11 is 0. The number of hydrogen-bond donors (Lipinski definition) is 0.